The second-order valence-corrected chi connectivity index (χ2v) is 5.96. The normalized spacial score (nSPS) is 19.5. The van der Waals surface area contributed by atoms with Crippen LogP contribution in [0.3, 0.4) is 0 Å². The summed E-state index contributed by atoms with van der Waals surface area (Å²) in [5.74, 6) is -6.44. The van der Waals surface area contributed by atoms with Gasteiger partial charge in [0.15, 0.2) is 0 Å². The first-order chi connectivity index (χ1) is 11.0. The lowest BCUT2D eigenvalue weighted by atomic mass is 9.95. The van der Waals surface area contributed by atoms with Gasteiger partial charge in [-0.15, -0.1) is 0 Å². The van der Waals surface area contributed by atoms with Crippen molar-refractivity contribution in [3.63, 3.8) is 0 Å². The van der Waals surface area contributed by atoms with Gasteiger partial charge in [-0.2, -0.15) is 22.5 Å². The van der Waals surface area contributed by atoms with Gasteiger partial charge in [-0.05, 0) is 25.7 Å². The van der Waals surface area contributed by atoms with Crippen molar-refractivity contribution in [3.05, 3.63) is 23.5 Å². The lowest BCUT2D eigenvalue weighted by Gasteiger charge is -2.34. The van der Waals surface area contributed by atoms with Crippen LogP contribution >= 0.6 is 0 Å². The lowest BCUT2D eigenvalue weighted by Crippen LogP contribution is -2.42. The van der Waals surface area contributed by atoms with Gasteiger partial charge in [-0.25, -0.2) is 0 Å². The van der Waals surface area contributed by atoms with E-state index in [0.717, 1.165) is 25.9 Å². The second kappa shape index (κ2) is 6.33. The Morgan fingerprint density at radius 3 is 1.96 bits per heavy atom. The highest BCUT2D eigenvalue weighted by Crippen LogP contribution is 2.31. The topological polar surface area (TPSA) is 36.4 Å². The number of pyridine rings is 1. The highest BCUT2D eigenvalue weighted by Gasteiger charge is 2.33. The number of hydrogen-bond donors (Lipinski definition) is 0. The molecular weight excluding hydrogens is 314 g/mol. The summed E-state index contributed by atoms with van der Waals surface area (Å²) in [6.45, 7) is 1.84. The summed E-state index contributed by atoms with van der Waals surface area (Å²) >= 11 is 0. The molecule has 8 heteroatoms. The number of hydrogen-bond acceptors (Lipinski definition) is 3. The standard InChI is InChI=1S/C15H17F4N3O/c16-10-12(11(17)14(19)20-13(10)18)21-7-3-9(4-8-21)15(23)22-5-1-2-6-22/h9H,1-8H2. The predicted molar refractivity (Wildman–Crippen MR) is 74.8 cm³/mol. The molecule has 2 aliphatic rings. The first-order valence-corrected chi connectivity index (χ1v) is 7.72. The molecule has 0 aliphatic carbocycles. The fourth-order valence-electron chi connectivity index (χ4n) is 3.30. The number of rotatable bonds is 2. The van der Waals surface area contributed by atoms with E-state index in [-0.39, 0.29) is 24.9 Å². The van der Waals surface area contributed by atoms with Crippen LogP contribution in [0.1, 0.15) is 25.7 Å². The monoisotopic (exact) mass is 331 g/mol. The van der Waals surface area contributed by atoms with Crippen LogP contribution in [0, 0.1) is 29.4 Å². The minimum absolute atomic E-state index is 0.0650. The Bertz CT molecular complexity index is 585. The minimum atomic E-state index is -1.66. The van der Waals surface area contributed by atoms with Crippen LogP contribution in [-0.2, 0) is 4.79 Å². The molecule has 3 rings (SSSR count). The number of carbonyl (C=O) groups excluding carboxylic acids is 1. The van der Waals surface area contributed by atoms with Crippen molar-refractivity contribution in [2.75, 3.05) is 31.1 Å². The van der Waals surface area contributed by atoms with E-state index in [0.29, 0.717) is 12.8 Å². The zero-order chi connectivity index (χ0) is 16.6. The number of halogens is 4. The van der Waals surface area contributed by atoms with Crippen LogP contribution in [-0.4, -0.2) is 42.0 Å². The average Bonchev–Trinajstić information content (AvgIpc) is 3.08. The summed E-state index contributed by atoms with van der Waals surface area (Å²) in [6, 6.07) is 0. The van der Waals surface area contributed by atoms with Gasteiger partial charge < -0.3 is 9.80 Å². The summed E-state index contributed by atoms with van der Waals surface area (Å²) < 4.78 is 53.9. The fourth-order valence-corrected chi connectivity index (χ4v) is 3.30. The second-order valence-electron chi connectivity index (χ2n) is 5.96. The van der Waals surface area contributed by atoms with Crippen molar-refractivity contribution in [1.29, 1.82) is 0 Å². The van der Waals surface area contributed by atoms with E-state index in [4.69, 9.17) is 0 Å². The summed E-state index contributed by atoms with van der Waals surface area (Å²) in [6.07, 6.45) is 2.80. The Balaban J connectivity index is 1.71. The third kappa shape index (κ3) is 2.98. The number of aromatic nitrogens is 1. The maximum Gasteiger partial charge on any atom is 0.253 e. The lowest BCUT2D eigenvalue weighted by molar-refractivity contribution is -0.135. The molecule has 23 heavy (non-hydrogen) atoms. The maximum atomic E-state index is 13.8. The van der Waals surface area contributed by atoms with Crippen molar-refractivity contribution in [2.45, 2.75) is 25.7 Å². The number of anilines is 1. The van der Waals surface area contributed by atoms with Crippen molar-refractivity contribution in [3.8, 4) is 0 Å². The molecule has 0 radical (unpaired) electrons. The van der Waals surface area contributed by atoms with E-state index in [1.54, 1.807) is 0 Å². The zero-order valence-electron chi connectivity index (χ0n) is 12.5. The molecule has 1 amide bonds. The molecular formula is C15H17F4N3O. The third-order valence-corrected chi connectivity index (χ3v) is 4.55. The van der Waals surface area contributed by atoms with Crippen LogP contribution in [0.5, 0.6) is 0 Å². The zero-order valence-corrected chi connectivity index (χ0v) is 12.5. The molecule has 2 fully saturated rings. The average molecular weight is 331 g/mol. The summed E-state index contributed by atoms with van der Waals surface area (Å²) in [7, 11) is 0. The van der Waals surface area contributed by atoms with Crippen LogP contribution < -0.4 is 4.90 Å². The molecule has 0 unspecified atom stereocenters. The molecule has 4 nitrogen and oxygen atoms in total. The maximum absolute atomic E-state index is 13.8. The van der Waals surface area contributed by atoms with E-state index < -0.39 is 29.2 Å². The van der Waals surface area contributed by atoms with Gasteiger partial charge >= 0.3 is 0 Å². The van der Waals surface area contributed by atoms with E-state index >= 15 is 0 Å². The van der Waals surface area contributed by atoms with Crippen molar-refractivity contribution in [1.82, 2.24) is 9.88 Å². The van der Waals surface area contributed by atoms with E-state index in [2.05, 4.69) is 4.98 Å². The molecule has 0 atom stereocenters. The van der Waals surface area contributed by atoms with Crippen LogP contribution in [0.25, 0.3) is 0 Å². The van der Waals surface area contributed by atoms with Crippen LogP contribution in [0.2, 0.25) is 0 Å². The van der Waals surface area contributed by atoms with Gasteiger partial charge in [0.25, 0.3) is 11.9 Å². The smallest absolute Gasteiger partial charge is 0.253 e. The Morgan fingerprint density at radius 1 is 0.913 bits per heavy atom. The molecule has 126 valence electrons. The highest BCUT2D eigenvalue weighted by atomic mass is 19.2. The Hall–Kier alpha value is -1.86. The van der Waals surface area contributed by atoms with E-state index in [9.17, 15) is 22.4 Å². The van der Waals surface area contributed by atoms with Crippen molar-refractivity contribution < 1.29 is 22.4 Å². The van der Waals surface area contributed by atoms with E-state index in [1.165, 1.54) is 4.90 Å². The van der Waals surface area contributed by atoms with Crippen LogP contribution in [0.4, 0.5) is 23.2 Å². The highest BCUT2D eigenvalue weighted by molar-refractivity contribution is 5.79. The summed E-state index contributed by atoms with van der Waals surface area (Å²) in [5, 5.41) is 0. The molecule has 0 aromatic carbocycles. The molecule has 2 aliphatic heterocycles. The molecule has 0 bridgehead atoms. The van der Waals surface area contributed by atoms with Crippen LogP contribution in [0.15, 0.2) is 0 Å². The Morgan fingerprint density at radius 2 is 1.43 bits per heavy atom. The fraction of sp³-hybridized carbons (Fsp3) is 0.600. The molecule has 0 N–H and O–H groups in total. The number of carbonyl (C=O) groups is 1. The number of amides is 1. The predicted octanol–water partition coefficient (Wildman–Crippen LogP) is 2.48. The molecule has 3 heterocycles. The van der Waals surface area contributed by atoms with Gasteiger partial charge in [0.2, 0.25) is 17.5 Å². The minimum Gasteiger partial charge on any atom is -0.366 e. The SMILES string of the molecule is O=C(C1CCN(c2c(F)c(F)nc(F)c2F)CC1)N1CCCC1. The van der Waals surface area contributed by atoms with Gasteiger partial charge in [0, 0.05) is 32.1 Å². The number of piperidine rings is 1. The Labute approximate surface area is 131 Å². The van der Waals surface area contributed by atoms with Gasteiger partial charge in [-0.3, -0.25) is 4.79 Å². The Kier molecular flexibility index (Phi) is 4.41. The summed E-state index contributed by atoms with van der Waals surface area (Å²) in [4.78, 5) is 17.9. The third-order valence-electron chi connectivity index (χ3n) is 4.55. The molecule has 1 aromatic heterocycles. The van der Waals surface area contributed by atoms with Crippen molar-refractivity contribution in [2.24, 2.45) is 5.92 Å². The molecule has 0 spiro atoms. The summed E-state index contributed by atoms with van der Waals surface area (Å²) in [5.41, 5.74) is -0.734. The largest absolute Gasteiger partial charge is 0.366 e. The quantitative estimate of drug-likeness (QED) is 0.617. The van der Waals surface area contributed by atoms with Gasteiger partial charge in [0.1, 0.15) is 5.69 Å². The molecule has 0 saturated carbocycles. The molecule has 1 aromatic rings. The first kappa shape index (κ1) is 16.0. The molecule has 2 saturated heterocycles. The van der Waals surface area contributed by atoms with Gasteiger partial charge in [-0.1, -0.05) is 0 Å². The van der Waals surface area contributed by atoms with Crippen molar-refractivity contribution >= 4 is 11.6 Å². The van der Waals surface area contributed by atoms with E-state index in [1.807, 2.05) is 4.90 Å². The first-order valence-electron chi connectivity index (χ1n) is 7.72. The number of likely N-dealkylation sites (tertiary alicyclic amines) is 1. The number of nitrogens with zero attached hydrogens (tertiary/aromatic N) is 3. The van der Waals surface area contributed by atoms with Gasteiger partial charge in [0.05, 0.1) is 0 Å².